The summed E-state index contributed by atoms with van der Waals surface area (Å²) >= 11 is 1.36. The molecule has 4 aromatic rings. The van der Waals surface area contributed by atoms with Gasteiger partial charge in [0.15, 0.2) is 0 Å². The Labute approximate surface area is 314 Å². The van der Waals surface area contributed by atoms with Crippen molar-refractivity contribution in [3.05, 3.63) is 51.9 Å². The number of fused-ring (bicyclic) bond motifs is 6. The van der Waals surface area contributed by atoms with Gasteiger partial charge >= 0.3 is 5.97 Å². The molecule has 6 heterocycles. The number of nitrogens with two attached hydrogens (primary N) is 1. The molecule has 0 saturated carbocycles. The number of aromatic nitrogens is 3. The van der Waals surface area contributed by atoms with Gasteiger partial charge < -0.3 is 29.6 Å². The van der Waals surface area contributed by atoms with Gasteiger partial charge in [-0.25, -0.2) is 14.8 Å². The van der Waals surface area contributed by atoms with Gasteiger partial charge in [-0.1, -0.05) is 13.8 Å². The Morgan fingerprint density at radius 1 is 1.15 bits per heavy atom. The van der Waals surface area contributed by atoms with Gasteiger partial charge in [-0.3, -0.25) is 19.6 Å². The maximum Gasteiger partial charge on any atom is 0.324 e. The van der Waals surface area contributed by atoms with Crippen LogP contribution in [0, 0.1) is 11.2 Å². The number of amides is 1. The highest BCUT2D eigenvalue weighted by Crippen LogP contribution is 2.43. The first-order chi connectivity index (χ1) is 25.4. The second-order valence-electron chi connectivity index (χ2n) is 15.4. The van der Waals surface area contributed by atoms with E-state index in [1.165, 1.54) is 16.3 Å². The molecule has 1 amide bonds. The minimum Gasteiger partial charge on any atom is -0.464 e. The molecule has 1 aromatic carbocycles. The molecule has 12 nitrogen and oxygen atoms in total. The summed E-state index contributed by atoms with van der Waals surface area (Å²) < 4.78 is 30.5. The highest BCUT2D eigenvalue weighted by Gasteiger charge is 2.35. The number of hydrazine groups is 1. The zero-order valence-corrected chi connectivity index (χ0v) is 32.4. The second-order valence-corrected chi connectivity index (χ2v) is 16.4. The fourth-order valence-electron chi connectivity index (χ4n) is 7.79. The Morgan fingerprint density at radius 3 is 2.66 bits per heavy atom. The van der Waals surface area contributed by atoms with Crippen LogP contribution in [0.4, 0.5) is 10.1 Å². The van der Waals surface area contributed by atoms with Crippen LogP contribution in [0.25, 0.3) is 33.4 Å². The summed E-state index contributed by atoms with van der Waals surface area (Å²) in [5.41, 5.74) is 15.3. The van der Waals surface area contributed by atoms with Crippen LogP contribution in [-0.2, 0) is 38.4 Å². The fraction of sp³-hybridized carbons (Fsp3) is 0.538. The third kappa shape index (κ3) is 7.44. The first-order valence-electron chi connectivity index (χ1n) is 18.6. The van der Waals surface area contributed by atoms with E-state index in [0.29, 0.717) is 48.6 Å². The van der Waals surface area contributed by atoms with Crippen LogP contribution in [0.5, 0.6) is 0 Å². The lowest BCUT2D eigenvalue weighted by Crippen LogP contribution is -2.59. The SMILES string of the molecule is CCn1c(-c2cc(N3CCN(C)CC3)cnc2[C@H](C)OC)c2c3cc(c(F)cc31)-c1csc(n1)C[C@H](N)C(=O)N1CCC[C@H](N1)C(=O)OCC(C)(C)C2. The first-order valence-corrected chi connectivity index (χ1v) is 19.5. The van der Waals surface area contributed by atoms with Gasteiger partial charge in [-0.05, 0) is 63.9 Å². The number of anilines is 1. The van der Waals surface area contributed by atoms with Gasteiger partial charge in [0, 0.05) is 80.1 Å². The zero-order valence-electron chi connectivity index (χ0n) is 31.6. The van der Waals surface area contributed by atoms with Crippen molar-refractivity contribution in [2.75, 3.05) is 58.4 Å². The third-order valence-corrected chi connectivity index (χ3v) is 11.7. The van der Waals surface area contributed by atoms with Crippen LogP contribution in [0.3, 0.4) is 0 Å². The minimum atomic E-state index is -0.881. The summed E-state index contributed by atoms with van der Waals surface area (Å²) in [5.74, 6) is -1.11. The average molecular weight is 747 g/mol. The number of halogens is 1. The molecular formula is C39H51FN8O4S. The number of hydrogen-bond acceptors (Lipinski definition) is 11. The lowest BCUT2D eigenvalue weighted by Gasteiger charge is -2.35. The molecule has 7 rings (SSSR count). The molecule has 3 atom stereocenters. The van der Waals surface area contributed by atoms with Gasteiger partial charge in [-0.15, -0.1) is 11.3 Å². The molecule has 3 N–H and O–H groups in total. The molecule has 14 heteroatoms. The summed E-state index contributed by atoms with van der Waals surface area (Å²) in [7, 11) is 3.82. The smallest absolute Gasteiger partial charge is 0.324 e. The van der Waals surface area contributed by atoms with E-state index in [1.54, 1.807) is 13.2 Å². The zero-order chi connectivity index (χ0) is 37.6. The van der Waals surface area contributed by atoms with Crippen molar-refractivity contribution in [3.8, 4) is 22.5 Å². The van der Waals surface area contributed by atoms with Crippen LogP contribution < -0.4 is 16.1 Å². The summed E-state index contributed by atoms with van der Waals surface area (Å²) in [5, 5.41) is 4.79. The van der Waals surface area contributed by atoms with Gasteiger partial charge in [-0.2, -0.15) is 0 Å². The van der Waals surface area contributed by atoms with E-state index in [-0.39, 0.29) is 30.9 Å². The number of methoxy groups -OCH3 is 1. The molecule has 2 fully saturated rings. The van der Waals surface area contributed by atoms with E-state index in [2.05, 4.69) is 53.7 Å². The number of likely N-dealkylation sites (N-methyl/N-ethyl adjacent to an activating group) is 1. The molecule has 3 aliphatic heterocycles. The maximum absolute atomic E-state index is 16.4. The molecule has 0 spiro atoms. The summed E-state index contributed by atoms with van der Waals surface area (Å²) in [6.45, 7) is 13.1. The topological polar surface area (TPSA) is 131 Å². The van der Waals surface area contributed by atoms with Crippen molar-refractivity contribution in [1.29, 1.82) is 0 Å². The maximum atomic E-state index is 16.4. The number of thiazole rings is 1. The number of nitrogens with one attached hydrogen (secondary N) is 1. The number of hydrogen-bond donors (Lipinski definition) is 2. The lowest BCUT2D eigenvalue weighted by molar-refractivity contribution is -0.154. The third-order valence-electron chi connectivity index (χ3n) is 10.9. The van der Waals surface area contributed by atoms with Crippen molar-refractivity contribution in [1.82, 2.24) is 29.9 Å². The first kappa shape index (κ1) is 37.4. The molecule has 53 heavy (non-hydrogen) atoms. The van der Waals surface area contributed by atoms with Gasteiger partial charge in [0.25, 0.3) is 5.91 Å². The van der Waals surface area contributed by atoms with E-state index in [1.807, 2.05) is 24.6 Å². The number of aryl methyl sites for hydroxylation is 1. The van der Waals surface area contributed by atoms with Crippen LogP contribution in [-0.4, -0.2) is 102 Å². The number of pyridine rings is 1. The Balaban J connectivity index is 1.43. The summed E-state index contributed by atoms with van der Waals surface area (Å²) in [6.07, 6.45) is 3.52. The van der Waals surface area contributed by atoms with Gasteiger partial charge in [0.1, 0.15) is 11.9 Å². The molecule has 6 bridgehead atoms. The van der Waals surface area contributed by atoms with Crippen LogP contribution in [0.15, 0.2) is 29.8 Å². The highest BCUT2D eigenvalue weighted by molar-refractivity contribution is 7.10. The molecule has 3 aromatic heterocycles. The van der Waals surface area contributed by atoms with Crippen LogP contribution >= 0.6 is 11.3 Å². The normalized spacial score (nSPS) is 22.2. The number of ether oxygens (including phenoxy) is 2. The van der Waals surface area contributed by atoms with E-state index in [4.69, 9.17) is 25.2 Å². The predicted molar refractivity (Wildman–Crippen MR) is 205 cm³/mol. The van der Waals surface area contributed by atoms with E-state index < -0.39 is 23.5 Å². The molecule has 2 saturated heterocycles. The number of carbonyl (C=O) groups excluding carboxylic acids is 2. The highest BCUT2D eigenvalue weighted by atomic mass is 32.1. The predicted octanol–water partition coefficient (Wildman–Crippen LogP) is 4.94. The molecule has 284 valence electrons. The minimum absolute atomic E-state index is 0.139. The molecule has 0 unspecified atom stereocenters. The number of cyclic esters (lactones) is 1. The van der Waals surface area contributed by atoms with Gasteiger partial charge in [0.05, 0.1) is 58.2 Å². The molecule has 0 aliphatic carbocycles. The van der Waals surface area contributed by atoms with E-state index >= 15 is 4.39 Å². The second kappa shape index (κ2) is 15.1. The average Bonchev–Trinajstić information content (AvgIpc) is 3.73. The number of rotatable bonds is 5. The Kier molecular flexibility index (Phi) is 10.6. The van der Waals surface area contributed by atoms with E-state index in [0.717, 1.165) is 65.3 Å². The van der Waals surface area contributed by atoms with Crippen molar-refractivity contribution < 1.29 is 23.5 Å². The number of nitrogens with zero attached hydrogens (tertiary/aromatic N) is 6. The fourth-order valence-corrected chi connectivity index (χ4v) is 8.65. The number of esters is 1. The number of benzene rings is 1. The number of carbonyl (C=O) groups is 2. The monoisotopic (exact) mass is 746 g/mol. The Bertz CT molecular complexity index is 2000. The van der Waals surface area contributed by atoms with Crippen molar-refractivity contribution >= 4 is 39.8 Å². The lowest BCUT2D eigenvalue weighted by atomic mass is 9.84. The largest absolute Gasteiger partial charge is 0.464 e. The van der Waals surface area contributed by atoms with Crippen LogP contribution in [0.1, 0.15) is 62.9 Å². The molecule has 0 radical (unpaired) electrons. The molecule has 3 aliphatic rings. The summed E-state index contributed by atoms with van der Waals surface area (Å²) in [6, 6.07) is 4.19. The Hall–Kier alpha value is -3.95. The van der Waals surface area contributed by atoms with Crippen molar-refractivity contribution in [3.63, 3.8) is 0 Å². The molecular weight excluding hydrogens is 696 g/mol. The summed E-state index contributed by atoms with van der Waals surface area (Å²) in [4.78, 5) is 41.4. The van der Waals surface area contributed by atoms with Crippen LogP contribution in [0.2, 0.25) is 0 Å². The van der Waals surface area contributed by atoms with Crippen molar-refractivity contribution in [2.24, 2.45) is 11.1 Å². The Morgan fingerprint density at radius 2 is 1.92 bits per heavy atom. The quantitative estimate of drug-likeness (QED) is 0.271. The van der Waals surface area contributed by atoms with Gasteiger partial charge in [0.2, 0.25) is 0 Å². The standard InChI is InChI=1S/C39H51FN8O4S/c1-7-47-33-17-29(40)26-16-25(33)28(36(47)27-15-24(20-42-35(27)23(2)51-6)46-13-11-45(5)12-14-46)19-39(3,4)22-52-38(50)31-9-8-10-48(44-31)37(49)30(41)18-34-43-32(26)21-53-34/h15-17,20-21,23,30-31,44H,7-14,18-19,22,41H2,1-6H3/t23-,30-,31-/m0/s1. The van der Waals surface area contributed by atoms with E-state index in [9.17, 15) is 9.59 Å². The number of piperazine rings is 1. The van der Waals surface area contributed by atoms with Crippen molar-refractivity contribution in [2.45, 2.75) is 78.1 Å².